The van der Waals surface area contributed by atoms with Crippen LogP contribution in [0, 0.1) is 5.41 Å². The molecule has 1 aromatic carbocycles. The molecule has 2 atom stereocenters. The molecule has 1 aromatic heterocycles. The number of carbonyl (C=O) groups excluding carboxylic acids is 1. The molecule has 1 N–H and O–H groups in total. The molecule has 3 nitrogen and oxygen atoms in total. The van der Waals surface area contributed by atoms with E-state index in [-0.39, 0.29) is 1.43 Å². The van der Waals surface area contributed by atoms with Crippen LogP contribution < -0.4 is 0 Å². The molecule has 2 unspecified atom stereocenters. The van der Waals surface area contributed by atoms with Crippen LogP contribution in [-0.4, -0.2) is 28.4 Å². The number of amides is 1. The van der Waals surface area contributed by atoms with Crippen molar-refractivity contribution < 1.29 is 6.22 Å². The molecule has 1 aliphatic carbocycles. The van der Waals surface area contributed by atoms with E-state index in [1.807, 2.05) is 6.07 Å². The van der Waals surface area contributed by atoms with Crippen molar-refractivity contribution in [1.82, 2.24) is 9.88 Å². The first-order chi connectivity index (χ1) is 11.7. The summed E-state index contributed by atoms with van der Waals surface area (Å²) in [5.74, 6) is 0.359. The zero-order valence-electron chi connectivity index (χ0n) is 14.7. The molecule has 1 saturated carbocycles. The Balaban J connectivity index is 0.00000182. The second-order valence-corrected chi connectivity index (χ2v) is 7.97. The Kier molecular flexibility index (Phi) is 4.11. The lowest BCUT2D eigenvalue weighted by atomic mass is 9.66. The van der Waals surface area contributed by atoms with Gasteiger partial charge in [-0.2, -0.15) is 0 Å². The van der Waals surface area contributed by atoms with Gasteiger partial charge in [0, 0.05) is 37.5 Å². The molecule has 24 heavy (non-hydrogen) atoms. The van der Waals surface area contributed by atoms with Crippen LogP contribution in [0.4, 0.5) is 0 Å². The minimum atomic E-state index is 0. The lowest BCUT2D eigenvalue weighted by Gasteiger charge is -2.51. The Hall–Kier alpha value is -1.77. The predicted molar refractivity (Wildman–Crippen MR) is 100 cm³/mol. The van der Waals surface area contributed by atoms with Crippen LogP contribution in [-0.2, 0) is 11.2 Å². The molecule has 2 aromatic rings. The first kappa shape index (κ1) is 15.7. The number of aromatic amines is 1. The molecule has 2 heterocycles. The molecule has 0 bridgehead atoms. The van der Waals surface area contributed by atoms with Gasteiger partial charge in [0.1, 0.15) is 0 Å². The van der Waals surface area contributed by atoms with Gasteiger partial charge in [-0.3, -0.25) is 4.79 Å². The number of para-hydroxylation sites is 1. The largest absolute Gasteiger partial charge is 0.361 e. The van der Waals surface area contributed by atoms with Crippen LogP contribution in [0.25, 0.3) is 10.9 Å². The molecule has 0 radical (unpaired) electrons. The van der Waals surface area contributed by atoms with Crippen molar-refractivity contribution in [2.45, 2.75) is 64.3 Å². The summed E-state index contributed by atoms with van der Waals surface area (Å²) >= 11 is 0. The highest BCUT2D eigenvalue weighted by Crippen LogP contribution is 2.45. The predicted octanol–water partition coefficient (Wildman–Crippen LogP) is 4.92. The number of carbonyl (C=O) groups is 1. The van der Waals surface area contributed by atoms with E-state index >= 15 is 0 Å². The SMILES string of the molecule is CC12CCCCC1N(C(=O)CCc1c[nH]c3ccccc13)CCC2.[HH]. The molecule has 3 heteroatoms. The molecule has 2 fully saturated rings. The fourth-order valence-corrected chi connectivity index (χ4v) is 5.04. The highest BCUT2D eigenvalue weighted by atomic mass is 16.2. The summed E-state index contributed by atoms with van der Waals surface area (Å²) < 4.78 is 0. The van der Waals surface area contributed by atoms with Crippen LogP contribution in [0.2, 0.25) is 0 Å². The van der Waals surface area contributed by atoms with Gasteiger partial charge in [-0.05, 0) is 49.1 Å². The van der Waals surface area contributed by atoms with Gasteiger partial charge in [0.25, 0.3) is 0 Å². The maximum absolute atomic E-state index is 12.9. The molecule has 1 amide bonds. The minimum Gasteiger partial charge on any atom is -0.361 e. The van der Waals surface area contributed by atoms with Crippen molar-refractivity contribution >= 4 is 16.8 Å². The van der Waals surface area contributed by atoms with Gasteiger partial charge in [0.15, 0.2) is 0 Å². The average molecular weight is 326 g/mol. The zero-order chi connectivity index (χ0) is 16.6. The standard InChI is InChI=1S/C21H28N2O.H2/c1-21-12-5-4-9-19(21)23(14-6-13-21)20(24)11-10-16-15-22-18-8-3-2-7-17(16)18;/h2-3,7-8,15,19,22H,4-6,9-14H2,1H3;1H. The van der Waals surface area contributed by atoms with E-state index in [4.69, 9.17) is 0 Å². The monoisotopic (exact) mass is 326 g/mol. The van der Waals surface area contributed by atoms with Gasteiger partial charge in [0.2, 0.25) is 5.91 Å². The van der Waals surface area contributed by atoms with Crippen LogP contribution in [0.5, 0.6) is 0 Å². The number of nitrogens with one attached hydrogen (secondary N) is 1. The van der Waals surface area contributed by atoms with Crippen LogP contribution in [0.15, 0.2) is 30.5 Å². The number of hydrogen-bond acceptors (Lipinski definition) is 1. The molecule has 1 saturated heterocycles. The van der Waals surface area contributed by atoms with Crippen molar-refractivity contribution in [1.29, 1.82) is 0 Å². The Morgan fingerprint density at radius 2 is 2.12 bits per heavy atom. The van der Waals surface area contributed by atoms with Gasteiger partial charge >= 0.3 is 0 Å². The normalized spacial score (nSPS) is 27.2. The first-order valence-corrected chi connectivity index (χ1v) is 9.52. The zero-order valence-corrected chi connectivity index (χ0v) is 14.7. The Labute approximate surface area is 145 Å². The Morgan fingerprint density at radius 1 is 1.29 bits per heavy atom. The quantitative estimate of drug-likeness (QED) is 0.854. The van der Waals surface area contributed by atoms with Crippen molar-refractivity contribution in [2.24, 2.45) is 5.41 Å². The van der Waals surface area contributed by atoms with Gasteiger partial charge in [-0.1, -0.05) is 38.0 Å². The molecule has 130 valence electrons. The minimum absolute atomic E-state index is 0. The fourth-order valence-electron chi connectivity index (χ4n) is 5.04. The highest BCUT2D eigenvalue weighted by molar-refractivity contribution is 5.84. The fraction of sp³-hybridized carbons (Fsp3) is 0.571. The van der Waals surface area contributed by atoms with E-state index in [2.05, 4.69) is 41.2 Å². The van der Waals surface area contributed by atoms with E-state index < -0.39 is 0 Å². The number of fused-ring (bicyclic) bond motifs is 2. The van der Waals surface area contributed by atoms with Crippen molar-refractivity contribution in [2.75, 3.05) is 6.54 Å². The summed E-state index contributed by atoms with van der Waals surface area (Å²) in [6, 6.07) is 8.84. The maximum atomic E-state index is 12.9. The first-order valence-electron chi connectivity index (χ1n) is 9.52. The van der Waals surface area contributed by atoms with Crippen LogP contribution in [0.3, 0.4) is 0 Å². The van der Waals surface area contributed by atoms with Crippen LogP contribution >= 0.6 is 0 Å². The molecule has 4 rings (SSSR count). The van der Waals surface area contributed by atoms with E-state index in [0.29, 0.717) is 23.8 Å². The van der Waals surface area contributed by atoms with Crippen molar-refractivity contribution in [3.63, 3.8) is 0 Å². The van der Waals surface area contributed by atoms with Gasteiger partial charge in [-0.15, -0.1) is 0 Å². The number of H-pyrrole nitrogens is 1. The molecule has 0 spiro atoms. The number of hydrogen-bond donors (Lipinski definition) is 1. The number of rotatable bonds is 3. The number of nitrogens with zero attached hydrogens (tertiary/aromatic N) is 1. The maximum Gasteiger partial charge on any atom is 0.223 e. The third kappa shape index (κ3) is 2.74. The van der Waals surface area contributed by atoms with E-state index in [1.54, 1.807) is 0 Å². The average Bonchev–Trinajstić information content (AvgIpc) is 3.01. The molecule has 1 aliphatic heterocycles. The highest BCUT2D eigenvalue weighted by Gasteiger charge is 2.43. The third-order valence-corrected chi connectivity index (χ3v) is 6.41. The van der Waals surface area contributed by atoms with Crippen molar-refractivity contribution in [3.8, 4) is 0 Å². The Morgan fingerprint density at radius 3 is 3.04 bits per heavy atom. The van der Waals surface area contributed by atoms with E-state index in [9.17, 15) is 4.79 Å². The third-order valence-electron chi connectivity index (χ3n) is 6.41. The number of aryl methyl sites for hydroxylation is 1. The van der Waals surface area contributed by atoms with Gasteiger partial charge in [-0.25, -0.2) is 0 Å². The smallest absolute Gasteiger partial charge is 0.223 e. The van der Waals surface area contributed by atoms with E-state index in [1.165, 1.54) is 49.5 Å². The van der Waals surface area contributed by atoms with Gasteiger partial charge in [0.05, 0.1) is 0 Å². The summed E-state index contributed by atoms with van der Waals surface area (Å²) in [6.07, 6.45) is 11.1. The summed E-state index contributed by atoms with van der Waals surface area (Å²) in [4.78, 5) is 18.5. The topological polar surface area (TPSA) is 36.1 Å². The summed E-state index contributed by atoms with van der Waals surface area (Å²) in [5.41, 5.74) is 2.80. The number of aromatic nitrogens is 1. The van der Waals surface area contributed by atoms with Crippen LogP contribution in [0.1, 0.15) is 58.9 Å². The number of likely N-dealkylation sites (tertiary alicyclic amines) is 1. The number of benzene rings is 1. The number of piperidine rings is 1. The summed E-state index contributed by atoms with van der Waals surface area (Å²) in [7, 11) is 0. The Bertz CT molecular complexity index is 736. The second-order valence-electron chi connectivity index (χ2n) is 7.97. The summed E-state index contributed by atoms with van der Waals surface area (Å²) in [6.45, 7) is 3.38. The van der Waals surface area contributed by atoms with Gasteiger partial charge < -0.3 is 9.88 Å². The lowest BCUT2D eigenvalue weighted by Crippen LogP contribution is -2.54. The second kappa shape index (κ2) is 6.27. The molecule has 2 aliphatic rings. The summed E-state index contributed by atoms with van der Waals surface area (Å²) in [5, 5.41) is 1.26. The molecular weight excluding hydrogens is 296 g/mol. The molecular formula is C21H30N2O. The van der Waals surface area contributed by atoms with E-state index in [0.717, 1.165) is 18.5 Å². The van der Waals surface area contributed by atoms with Crippen molar-refractivity contribution in [3.05, 3.63) is 36.0 Å². The lowest BCUT2D eigenvalue weighted by molar-refractivity contribution is -0.141.